The molecule has 0 aromatic heterocycles. The van der Waals surface area contributed by atoms with Crippen LogP contribution in [0.2, 0.25) is 0 Å². The summed E-state index contributed by atoms with van der Waals surface area (Å²) < 4.78 is 43.5. The van der Waals surface area contributed by atoms with Crippen LogP contribution in [0.5, 0.6) is 0 Å². The number of nitrogens with zero attached hydrogens (tertiary/aromatic N) is 1. The highest BCUT2D eigenvalue weighted by atomic mass is 19.4. The number of nitrogens with one attached hydrogen (secondary N) is 2. The first kappa shape index (κ1) is 22.4. The SMILES string of the molecule is CO/C(=C/Nc1cccc(C(F)(F)F)c1)C(=O)C(=N)C(C=CN)=Nc1ccccc1. The maximum Gasteiger partial charge on any atom is 0.416 e. The molecule has 156 valence electrons. The summed E-state index contributed by atoms with van der Waals surface area (Å²) in [5, 5.41) is 10.7. The molecular formula is C21H19F3N4O2. The summed E-state index contributed by atoms with van der Waals surface area (Å²) in [6.07, 6.45) is -0.985. The van der Waals surface area contributed by atoms with E-state index >= 15 is 0 Å². The van der Waals surface area contributed by atoms with Crippen LogP contribution in [0.25, 0.3) is 0 Å². The number of nitrogens with two attached hydrogens (primary N) is 1. The quantitative estimate of drug-likeness (QED) is 0.336. The largest absolute Gasteiger partial charge is 0.491 e. The molecule has 2 aromatic carbocycles. The Bertz CT molecular complexity index is 997. The summed E-state index contributed by atoms with van der Waals surface area (Å²) in [5.41, 5.74) is 4.65. The number of Topliss-reactive ketones (excluding diaryl/α,β-unsaturated/α-hetero) is 1. The van der Waals surface area contributed by atoms with Crippen molar-refractivity contribution >= 4 is 28.6 Å². The van der Waals surface area contributed by atoms with Gasteiger partial charge in [0.2, 0.25) is 5.78 Å². The van der Waals surface area contributed by atoms with E-state index in [2.05, 4.69) is 10.3 Å². The molecule has 0 unspecified atom stereocenters. The van der Waals surface area contributed by atoms with E-state index < -0.39 is 23.2 Å². The third-order valence-corrected chi connectivity index (χ3v) is 3.75. The maximum atomic E-state index is 12.8. The first-order valence-corrected chi connectivity index (χ1v) is 8.60. The average Bonchev–Trinajstić information content (AvgIpc) is 2.73. The Morgan fingerprint density at radius 2 is 1.87 bits per heavy atom. The summed E-state index contributed by atoms with van der Waals surface area (Å²) in [6, 6.07) is 13.1. The molecular weight excluding hydrogens is 397 g/mol. The second-order valence-electron chi connectivity index (χ2n) is 5.83. The van der Waals surface area contributed by atoms with Crippen molar-refractivity contribution in [2.45, 2.75) is 6.18 Å². The lowest BCUT2D eigenvalue weighted by atomic mass is 10.1. The maximum absolute atomic E-state index is 12.8. The molecule has 2 aromatic rings. The molecule has 0 aliphatic heterocycles. The molecule has 0 fully saturated rings. The van der Waals surface area contributed by atoms with Crippen LogP contribution in [0, 0.1) is 5.41 Å². The molecule has 6 nitrogen and oxygen atoms in total. The lowest BCUT2D eigenvalue weighted by Crippen LogP contribution is -2.25. The lowest BCUT2D eigenvalue weighted by Gasteiger charge is -2.10. The number of hydrogen-bond donors (Lipinski definition) is 3. The van der Waals surface area contributed by atoms with Gasteiger partial charge >= 0.3 is 6.18 Å². The Morgan fingerprint density at radius 3 is 2.47 bits per heavy atom. The van der Waals surface area contributed by atoms with Crippen molar-refractivity contribution in [3.63, 3.8) is 0 Å². The van der Waals surface area contributed by atoms with Crippen LogP contribution in [0.3, 0.4) is 0 Å². The Kier molecular flexibility index (Phi) is 7.51. The zero-order valence-corrected chi connectivity index (χ0v) is 15.9. The number of ether oxygens (including phenoxy) is 1. The van der Waals surface area contributed by atoms with E-state index in [1.165, 1.54) is 25.3 Å². The number of rotatable bonds is 8. The zero-order valence-electron chi connectivity index (χ0n) is 15.9. The molecule has 0 aliphatic rings. The van der Waals surface area contributed by atoms with Gasteiger partial charge in [-0.25, -0.2) is 4.99 Å². The van der Waals surface area contributed by atoms with Crippen molar-refractivity contribution in [1.82, 2.24) is 0 Å². The number of carbonyl (C=O) groups excluding carboxylic acids is 1. The summed E-state index contributed by atoms with van der Waals surface area (Å²) >= 11 is 0. The summed E-state index contributed by atoms with van der Waals surface area (Å²) in [6.45, 7) is 0. The van der Waals surface area contributed by atoms with E-state index in [0.29, 0.717) is 5.69 Å². The van der Waals surface area contributed by atoms with Crippen LogP contribution in [-0.2, 0) is 15.7 Å². The second kappa shape index (κ2) is 10.1. The number of anilines is 1. The Balaban J connectivity index is 2.25. The molecule has 0 aliphatic carbocycles. The second-order valence-corrected chi connectivity index (χ2v) is 5.83. The van der Waals surface area contributed by atoms with E-state index in [4.69, 9.17) is 15.9 Å². The van der Waals surface area contributed by atoms with Crippen molar-refractivity contribution in [3.8, 4) is 0 Å². The number of aliphatic imine (C=N–C) groups is 1. The molecule has 4 N–H and O–H groups in total. The van der Waals surface area contributed by atoms with Crippen LogP contribution in [0.4, 0.5) is 24.5 Å². The highest BCUT2D eigenvalue weighted by Crippen LogP contribution is 2.30. The molecule has 30 heavy (non-hydrogen) atoms. The lowest BCUT2D eigenvalue weighted by molar-refractivity contribution is -0.137. The number of ketones is 1. The standard InChI is InChI=1S/C21H19F3N4O2/c1-30-18(13-27-16-9-5-6-14(12-16)21(22,23)24)20(29)19(26)17(10-11-25)28-15-7-3-2-4-8-15/h2-13,26-27H,25H2,1H3/b11-10?,18-13+,26-19?,28-17?. The molecule has 2 rings (SSSR count). The third kappa shape index (κ3) is 6.06. The van der Waals surface area contributed by atoms with Crippen LogP contribution < -0.4 is 11.1 Å². The fourth-order valence-corrected chi connectivity index (χ4v) is 2.30. The zero-order chi connectivity index (χ0) is 22.1. The van der Waals surface area contributed by atoms with Crippen molar-refractivity contribution < 1.29 is 22.7 Å². The van der Waals surface area contributed by atoms with Crippen LogP contribution in [0.15, 0.2) is 83.8 Å². The topological polar surface area (TPSA) is 101 Å². The van der Waals surface area contributed by atoms with Gasteiger partial charge in [-0.05, 0) is 42.6 Å². The van der Waals surface area contributed by atoms with E-state index in [-0.39, 0.29) is 17.2 Å². The number of hydrogen-bond acceptors (Lipinski definition) is 6. The smallest absolute Gasteiger partial charge is 0.416 e. The first-order chi connectivity index (χ1) is 14.3. The molecule has 0 amide bonds. The van der Waals surface area contributed by atoms with Crippen molar-refractivity contribution in [2.24, 2.45) is 10.7 Å². The molecule has 0 bridgehead atoms. The van der Waals surface area contributed by atoms with E-state index in [1.54, 1.807) is 30.3 Å². The Hall–Kier alpha value is -3.88. The minimum absolute atomic E-state index is 0.00396. The molecule has 9 heteroatoms. The van der Waals surface area contributed by atoms with Gasteiger partial charge in [0.25, 0.3) is 0 Å². The van der Waals surface area contributed by atoms with E-state index in [0.717, 1.165) is 24.5 Å². The van der Waals surface area contributed by atoms with Gasteiger partial charge in [-0.2, -0.15) is 13.2 Å². The normalized spacial score (nSPS) is 12.7. The van der Waals surface area contributed by atoms with Gasteiger partial charge in [-0.3, -0.25) is 10.2 Å². The van der Waals surface area contributed by atoms with Crippen molar-refractivity contribution in [3.05, 3.63) is 84.4 Å². The Morgan fingerprint density at radius 1 is 1.17 bits per heavy atom. The van der Waals surface area contributed by atoms with Crippen LogP contribution >= 0.6 is 0 Å². The van der Waals surface area contributed by atoms with Gasteiger partial charge in [0, 0.05) is 11.9 Å². The van der Waals surface area contributed by atoms with E-state index in [9.17, 15) is 18.0 Å². The number of halogens is 3. The molecule has 0 saturated heterocycles. The molecule has 0 saturated carbocycles. The third-order valence-electron chi connectivity index (χ3n) is 3.75. The Labute approximate surface area is 171 Å². The van der Waals surface area contributed by atoms with E-state index in [1.807, 2.05) is 0 Å². The summed E-state index contributed by atoms with van der Waals surface area (Å²) in [7, 11) is 1.21. The van der Waals surface area contributed by atoms with Gasteiger partial charge in [-0.1, -0.05) is 24.3 Å². The van der Waals surface area contributed by atoms with Gasteiger partial charge in [0.15, 0.2) is 5.76 Å². The number of methoxy groups -OCH3 is 1. The van der Waals surface area contributed by atoms with Gasteiger partial charge in [0.05, 0.1) is 24.1 Å². The predicted octanol–water partition coefficient (Wildman–Crippen LogP) is 4.44. The highest BCUT2D eigenvalue weighted by Gasteiger charge is 2.30. The van der Waals surface area contributed by atoms with Crippen molar-refractivity contribution in [2.75, 3.05) is 12.4 Å². The number of para-hydroxylation sites is 1. The summed E-state index contributed by atoms with van der Waals surface area (Å²) in [4.78, 5) is 16.9. The minimum Gasteiger partial charge on any atom is -0.491 e. The first-order valence-electron chi connectivity index (χ1n) is 8.60. The average molecular weight is 416 g/mol. The fourth-order valence-electron chi connectivity index (χ4n) is 2.30. The number of benzene rings is 2. The number of alkyl halides is 3. The van der Waals surface area contributed by atoms with Gasteiger partial charge < -0.3 is 15.8 Å². The van der Waals surface area contributed by atoms with Crippen LogP contribution in [-0.4, -0.2) is 24.3 Å². The van der Waals surface area contributed by atoms with Gasteiger partial charge in [-0.15, -0.1) is 0 Å². The van der Waals surface area contributed by atoms with Crippen molar-refractivity contribution in [1.29, 1.82) is 5.41 Å². The molecule has 0 atom stereocenters. The molecule has 0 heterocycles. The molecule has 0 radical (unpaired) electrons. The fraction of sp³-hybridized carbons (Fsp3) is 0.0952. The predicted molar refractivity (Wildman–Crippen MR) is 110 cm³/mol. The monoisotopic (exact) mass is 416 g/mol. The molecule has 0 spiro atoms. The number of allylic oxidation sites excluding steroid dienone is 2. The number of carbonyl (C=O) groups is 1. The van der Waals surface area contributed by atoms with Gasteiger partial charge in [0.1, 0.15) is 5.71 Å². The highest BCUT2D eigenvalue weighted by molar-refractivity contribution is 6.71. The minimum atomic E-state index is -4.50. The summed E-state index contributed by atoms with van der Waals surface area (Å²) in [5.74, 6) is -1.12. The van der Waals surface area contributed by atoms with Crippen LogP contribution in [0.1, 0.15) is 5.56 Å².